The van der Waals surface area contributed by atoms with Gasteiger partial charge in [0, 0.05) is 19.2 Å². The summed E-state index contributed by atoms with van der Waals surface area (Å²) >= 11 is 0. The molecule has 1 amide bonds. The van der Waals surface area contributed by atoms with Gasteiger partial charge in [0.1, 0.15) is 5.75 Å². The van der Waals surface area contributed by atoms with Crippen LogP contribution in [0, 0.1) is 10.1 Å². The van der Waals surface area contributed by atoms with Crippen molar-refractivity contribution in [3.8, 4) is 5.75 Å². The molecule has 0 radical (unpaired) electrons. The highest BCUT2D eigenvalue weighted by Crippen LogP contribution is 2.29. The van der Waals surface area contributed by atoms with Crippen molar-refractivity contribution in [1.82, 2.24) is 5.32 Å². The molecule has 2 aromatic rings. The lowest BCUT2D eigenvalue weighted by Crippen LogP contribution is -2.34. The topological polar surface area (TPSA) is 119 Å². The van der Waals surface area contributed by atoms with E-state index in [1.807, 2.05) is 13.8 Å². The van der Waals surface area contributed by atoms with E-state index < -0.39 is 25.5 Å². The molecule has 2 aromatic carbocycles. The summed E-state index contributed by atoms with van der Waals surface area (Å²) in [5.74, 6) is 0.120. The zero-order chi connectivity index (χ0) is 20.9. The fraction of sp³-hybridized carbons (Fsp3) is 0.278. The SMILES string of the molecule is CC(C)NC(=O)COc1ccc(N(C)S(=O)(=O)c2ccccc2[N+](=O)[O-])cc1. The number of sulfonamides is 1. The summed E-state index contributed by atoms with van der Waals surface area (Å²) < 4.78 is 31.9. The highest BCUT2D eigenvalue weighted by Gasteiger charge is 2.29. The van der Waals surface area contributed by atoms with Crippen LogP contribution in [-0.2, 0) is 14.8 Å². The number of hydrogen-bond donors (Lipinski definition) is 1. The lowest BCUT2D eigenvalue weighted by atomic mass is 10.3. The molecule has 0 aromatic heterocycles. The Morgan fingerprint density at radius 3 is 2.36 bits per heavy atom. The Morgan fingerprint density at radius 2 is 1.79 bits per heavy atom. The van der Waals surface area contributed by atoms with E-state index in [0.29, 0.717) is 5.75 Å². The van der Waals surface area contributed by atoms with E-state index in [-0.39, 0.29) is 24.2 Å². The quantitative estimate of drug-likeness (QED) is 0.530. The first-order valence-electron chi connectivity index (χ1n) is 8.37. The van der Waals surface area contributed by atoms with Gasteiger partial charge in [-0.1, -0.05) is 12.1 Å². The summed E-state index contributed by atoms with van der Waals surface area (Å²) in [6.45, 7) is 3.50. The van der Waals surface area contributed by atoms with Gasteiger partial charge in [-0.25, -0.2) is 8.42 Å². The number of nitro groups is 1. The highest BCUT2D eigenvalue weighted by molar-refractivity contribution is 7.93. The molecule has 150 valence electrons. The number of hydrogen-bond acceptors (Lipinski definition) is 6. The molecule has 0 unspecified atom stereocenters. The first-order chi connectivity index (χ1) is 13.1. The molecule has 28 heavy (non-hydrogen) atoms. The average molecular weight is 407 g/mol. The number of carbonyl (C=O) groups excluding carboxylic acids is 1. The van der Waals surface area contributed by atoms with Crippen molar-refractivity contribution in [3.63, 3.8) is 0 Å². The van der Waals surface area contributed by atoms with Crippen LogP contribution in [0.1, 0.15) is 13.8 Å². The second-order valence-corrected chi connectivity index (χ2v) is 8.14. The first-order valence-corrected chi connectivity index (χ1v) is 9.81. The van der Waals surface area contributed by atoms with Gasteiger partial charge in [-0.05, 0) is 44.2 Å². The maximum Gasteiger partial charge on any atom is 0.289 e. The van der Waals surface area contributed by atoms with Gasteiger partial charge in [-0.3, -0.25) is 19.2 Å². The average Bonchev–Trinajstić information content (AvgIpc) is 2.65. The van der Waals surface area contributed by atoms with Gasteiger partial charge < -0.3 is 10.1 Å². The van der Waals surface area contributed by atoms with Gasteiger partial charge in [-0.15, -0.1) is 0 Å². The first kappa shape index (κ1) is 21.2. The van der Waals surface area contributed by atoms with Crippen molar-refractivity contribution in [2.24, 2.45) is 0 Å². The summed E-state index contributed by atoms with van der Waals surface area (Å²) in [4.78, 5) is 21.6. The second-order valence-electron chi connectivity index (χ2n) is 6.20. The lowest BCUT2D eigenvalue weighted by molar-refractivity contribution is -0.387. The lowest BCUT2D eigenvalue weighted by Gasteiger charge is -2.19. The number of amides is 1. The van der Waals surface area contributed by atoms with Crippen LogP contribution in [-0.4, -0.2) is 38.9 Å². The Labute approximate surface area is 163 Å². The fourth-order valence-electron chi connectivity index (χ4n) is 2.38. The summed E-state index contributed by atoms with van der Waals surface area (Å²) in [5.41, 5.74) is -0.206. The van der Waals surface area contributed by atoms with E-state index >= 15 is 0 Å². The fourth-order valence-corrected chi connectivity index (χ4v) is 3.73. The molecule has 0 heterocycles. The molecule has 0 aliphatic carbocycles. The minimum Gasteiger partial charge on any atom is -0.484 e. The van der Waals surface area contributed by atoms with Gasteiger partial charge in [0.05, 0.1) is 10.6 Å². The third-order valence-electron chi connectivity index (χ3n) is 3.72. The molecular weight excluding hydrogens is 386 g/mol. The summed E-state index contributed by atoms with van der Waals surface area (Å²) in [6, 6.07) is 11.2. The summed E-state index contributed by atoms with van der Waals surface area (Å²) in [6.07, 6.45) is 0. The Morgan fingerprint density at radius 1 is 1.18 bits per heavy atom. The smallest absolute Gasteiger partial charge is 0.289 e. The van der Waals surface area contributed by atoms with E-state index in [9.17, 15) is 23.3 Å². The summed E-state index contributed by atoms with van der Waals surface area (Å²) in [7, 11) is -2.83. The molecule has 1 N–H and O–H groups in total. The van der Waals surface area contributed by atoms with Crippen molar-refractivity contribution in [2.45, 2.75) is 24.8 Å². The third-order valence-corrected chi connectivity index (χ3v) is 5.55. The van der Waals surface area contributed by atoms with E-state index in [1.165, 1.54) is 49.5 Å². The van der Waals surface area contributed by atoms with Crippen molar-refractivity contribution in [3.05, 3.63) is 58.6 Å². The molecule has 0 fully saturated rings. The number of ether oxygens (including phenoxy) is 1. The van der Waals surface area contributed by atoms with Crippen molar-refractivity contribution >= 4 is 27.3 Å². The van der Waals surface area contributed by atoms with Crippen molar-refractivity contribution < 1.29 is 22.9 Å². The molecule has 2 rings (SSSR count). The number of carbonyl (C=O) groups is 1. The van der Waals surface area contributed by atoms with E-state index in [0.717, 1.165) is 10.4 Å². The zero-order valence-corrected chi connectivity index (χ0v) is 16.5. The Hall–Kier alpha value is -3.14. The van der Waals surface area contributed by atoms with Gasteiger partial charge >= 0.3 is 0 Å². The minimum absolute atomic E-state index is 0.000578. The number of nitro benzene ring substituents is 1. The van der Waals surface area contributed by atoms with Crippen LogP contribution >= 0.6 is 0 Å². The van der Waals surface area contributed by atoms with E-state index in [1.54, 1.807) is 0 Å². The predicted molar refractivity (Wildman–Crippen MR) is 104 cm³/mol. The standard InChI is InChI=1S/C18H21N3O6S/c1-13(2)19-18(22)12-27-15-10-8-14(9-11-15)20(3)28(25,26)17-7-5-4-6-16(17)21(23)24/h4-11,13H,12H2,1-3H3,(H,19,22). The van der Waals surface area contributed by atoms with Gasteiger partial charge in [0.2, 0.25) is 0 Å². The minimum atomic E-state index is -4.13. The van der Waals surface area contributed by atoms with Crippen LogP contribution in [0.2, 0.25) is 0 Å². The Bertz CT molecular complexity index is 958. The van der Waals surface area contributed by atoms with Gasteiger partial charge in [0.25, 0.3) is 21.6 Å². The molecule has 0 saturated carbocycles. The Balaban J connectivity index is 2.17. The molecule has 0 aliphatic rings. The van der Waals surface area contributed by atoms with Crippen LogP contribution in [0.4, 0.5) is 11.4 Å². The zero-order valence-electron chi connectivity index (χ0n) is 15.7. The number of anilines is 1. The molecule has 10 heteroatoms. The maximum absolute atomic E-state index is 12.8. The molecule has 0 spiro atoms. The molecule has 0 aliphatic heterocycles. The second kappa shape index (κ2) is 8.70. The van der Waals surface area contributed by atoms with Crippen LogP contribution in [0.15, 0.2) is 53.4 Å². The largest absolute Gasteiger partial charge is 0.484 e. The molecule has 9 nitrogen and oxygen atoms in total. The van der Waals surface area contributed by atoms with Crippen molar-refractivity contribution in [2.75, 3.05) is 18.0 Å². The third kappa shape index (κ3) is 4.97. The monoisotopic (exact) mass is 407 g/mol. The number of benzene rings is 2. The highest BCUT2D eigenvalue weighted by atomic mass is 32.2. The maximum atomic E-state index is 12.8. The number of nitrogens with zero attached hydrogens (tertiary/aromatic N) is 2. The molecule has 0 saturated heterocycles. The van der Waals surface area contributed by atoms with Gasteiger partial charge in [0.15, 0.2) is 11.5 Å². The number of para-hydroxylation sites is 1. The molecule has 0 bridgehead atoms. The predicted octanol–water partition coefficient (Wildman–Crippen LogP) is 2.32. The van der Waals surface area contributed by atoms with Crippen LogP contribution in [0.25, 0.3) is 0 Å². The molecule has 0 atom stereocenters. The van der Waals surface area contributed by atoms with E-state index in [4.69, 9.17) is 4.74 Å². The van der Waals surface area contributed by atoms with Crippen LogP contribution < -0.4 is 14.4 Å². The van der Waals surface area contributed by atoms with Crippen molar-refractivity contribution in [1.29, 1.82) is 0 Å². The van der Waals surface area contributed by atoms with E-state index in [2.05, 4.69) is 5.32 Å². The normalized spacial score (nSPS) is 11.1. The Kier molecular flexibility index (Phi) is 6.57. The number of rotatable bonds is 8. The van der Waals surface area contributed by atoms with Crippen LogP contribution in [0.3, 0.4) is 0 Å². The van der Waals surface area contributed by atoms with Gasteiger partial charge in [-0.2, -0.15) is 0 Å². The molecular formula is C18H21N3O6S. The van der Waals surface area contributed by atoms with Crippen LogP contribution in [0.5, 0.6) is 5.75 Å². The summed E-state index contributed by atoms with van der Waals surface area (Å²) in [5, 5.41) is 13.8. The number of nitrogens with one attached hydrogen (secondary N) is 1.